The number of alkyl halides is 3. The summed E-state index contributed by atoms with van der Waals surface area (Å²) in [7, 11) is 3.29. The van der Waals surface area contributed by atoms with Crippen molar-refractivity contribution in [2.75, 3.05) is 46.9 Å². The number of aliphatic hydroxyl groups is 1. The molecular formula is C19H28F4N2O2. The van der Waals surface area contributed by atoms with E-state index in [1.165, 1.54) is 25.3 Å². The lowest BCUT2D eigenvalue weighted by Gasteiger charge is -2.42. The van der Waals surface area contributed by atoms with E-state index in [4.69, 9.17) is 4.74 Å². The standard InChI is InChI=1S/C19H28F4N2O2/c1-17(2,15-11-14(20)5-6-16(15)27-4)12-18(26,19(21,22)23)13-25-9-7-24(3)8-10-25/h5-6,11,26H,7-10,12-13H2,1-4H3. The number of nitrogens with zero attached hydrogens (tertiary/aromatic N) is 2. The number of hydrogen-bond acceptors (Lipinski definition) is 4. The third-order valence-electron chi connectivity index (χ3n) is 5.23. The van der Waals surface area contributed by atoms with Crippen LogP contribution in [0.3, 0.4) is 0 Å². The maximum Gasteiger partial charge on any atom is 0.418 e. The Labute approximate surface area is 157 Å². The van der Waals surface area contributed by atoms with Crippen molar-refractivity contribution in [3.63, 3.8) is 0 Å². The molecule has 2 rings (SSSR count). The topological polar surface area (TPSA) is 35.9 Å². The van der Waals surface area contributed by atoms with Crippen molar-refractivity contribution in [2.24, 2.45) is 0 Å². The molecule has 1 atom stereocenters. The third kappa shape index (κ3) is 5.12. The van der Waals surface area contributed by atoms with Crippen LogP contribution in [0.15, 0.2) is 18.2 Å². The Bertz CT molecular complexity index is 643. The first-order chi connectivity index (χ1) is 12.4. The quantitative estimate of drug-likeness (QED) is 0.755. The summed E-state index contributed by atoms with van der Waals surface area (Å²) in [6, 6.07) is 3.75. The molecule has 0 saturated carbocycles. The van der Waals surface area contributed by atoms with Crippen LogP contribution < -0.4 is 4.74 Å². The molecule has 1 aliphatic rings. The third-order valence-corrected chi connectivity index (χ3v) is 5.23. The predicted octanol–water partition coefficient (Wildman–Crippen LogP) is 3.04. The Hall–Kier alpha value is -1.38. The van der Waals surface area contributed by atoms with Crippen LogP contribution in [0.1, 0.15) is 25.8 Å². The van der Waals surface area contributed by atoms with Crippen molar-refractivity contribution in [3.8, 4) is 5.75 Å². The first-order valence-electron chi connectivity index (χ1n) is 8.92. The van der Waals surface area contributed by atoms with E-state index in [0.29, 0.717) is 37.5 Å². The molecule has 0 aromatic heterocycles. The lowest BCUT2D eigenvalue weighted by atomic mass is 9.74. The summed E-state index contributed by atoms with van der Waals surface area (Å²) in [6.07, 6.45) is -5.41. The lowest BCUT2D eigenvalue weighted by molar-refractivity contribution is -0.272. The summed E-state index contributed by atoms with van der Waals surface area (Å²) in [5.41, 5.74) is -3.78. The van der Waals surface area contributed by atoms with Gasteiger partial charge in [-0.2, -0.15) is 13.2 Å². The molecule has 1 N–H and O–H groups in total. The van der Waals surface area contributed by atoms with Gasteiger partial charge in [0.25, 0.3) is 0 Å². The molecule has 1 unspecified atom stereocenters. The number of rotatable bonds is 6. The van der Waals surface area contributed by atoms with Crippen LogP contribution in [0.5, 0.6) is 5.75 Å². The largest absolute Gasteiger partial charge is 0.496 e. The number of methoxy groups -OCH3 is 1. The van der Waals surface area contributed by atoms with E-state index in [-0.39, 0.29) is 0 Å². The van der Waals surface area contributed by atoms with Crippen molar-refractivity contribution in [3.05, 3.63) is 29.6 Å². The van der Waals surface area contributed by atoms with Crippen molar-refractivity contribution in [1.29, 1.82) is 0 Å². The molecule has 1 aromatic rings. The first-order valence-corrected chi connectivity index (χ1v) is 8.92. The number of ether oxygens (including phenoxy) is 1. The van der Waals surface area contributed by atoms with Gasteiger partial charge in [0.15, 0.2) is 5.60 Å². The molecule has 4 nitrogen and oxygen atoms in total. The van der Waals surface area contributed by atoms with Crippen molar-refractivity contribution >= 4 is 0 Å². The molecule has 1 aromatic carbocycles. The number of benzene rings is 1. The van der Waals surface area contributed by atoms with E-state index in [1.54, 1.807) is 18.7 Å². The van der Waals surface area contributed by atoms with Gasteiger partial charge in [-0.15, -0.1) is 0 Å². The van der Waals surface area contributed by atoms with Gasteiger partial charge in [-0.3, -0.25) is 4.90 Å². The SMILES string of the molecule is COc1ccc(F)cc1C(C)(C)CC(O)(CN1CCN(C)CC1)C(F)(F)F. The fourth-order valence-electron chi connectivity index (χ4n) is 3.66. The zero-order valence-electron chi connectivity index (χ0n) is 16.2. The van der Waals surface area contributed by atoms with Gasteiger partial charge in [0.05, 0.1) is 7.11 Å². The number of halogens is 4. The lowest BCUT2D eigenvalue weighted by Crippen LogP contribution is -2.58. The molecule has 0 aliphatic carbocycles. The molecule has 0 radical (unpaired) electrons. The van der Waals surface area contributed by atoms with Crippen molar-refractivity contribution in [2.45, 2.75) is 37.5 Å². The molecule has 0 amide bonds. The van der Waals surface area contributed by atoms with Gasteiger partial charge in [0.2, 0.25) is 0 Å². The van der Waals surface area contributed by atoms with E-state index in [9.17, 15) is 22.7 Å². The van der Waals surface area contributed by atoms with E-state index in [1.807, 2.05) is 11.9 Å². The molecule has 27 heavy (non-hydrogen) atoms. The molecule has 1 saturated heterocycles. The monoisotopic (exact) mass is 392 g/mol. The normalized spacial score (nSPS) is 19.7. The molecule has 8 heteroatoms. The van der Waals surface area contributed by atoms with E-state index in [0.717, 1.165) is 0 Å². The summed E-state index contributed by atoms with van der Waals surface area (Å²) in [4.78, 5) is 3.66. The number of piperazine rings is 1. The molecule has 0 bridgehead atoms. The molecular weight excluding hydrogens is 364 g/mol. The average Bonchev–Trinajstić information content (AvgIpc) is 2.55. The van der Waals surface area contributed by atoms with Gasteiger partial charge < -0.3 is 14.7 Å². The number of β-amino-alcohol motifs (C(OH)–C–C–N with tert-alkyl or cyclic N) is 1. The molecule has 154 valence electrons. The number of likely N-dealkylation sites (N-methyl/N-ethyl adjacent to an activating group) is 1. The Balaban J connectivity index is 2.30. The van der Waals surface area contributed by atoms with E-state index < -0.39 is 36.0 Å². The number of hydrogen-bond donors (Lipinski definition) is 1. The zero-order chi connectivity index (χ0) is 20.5. The molecule has 1 aliphatic heterocycles. The van der Waals surface area contributed by atoms with Gasteiger partial charge >= 0.3 is 6.18 Å². The van der Waals surface area contributed by atoms with Gasteiger partial charge in [-0.25, -0.2) is 4.39 Å². The molecule has 0 spiro atoms. The summed E-state index contributed by atoms with van der Waals surface area (Å²) < 4.78 is 60.5. The van der Waals surface area contributed by atoms with E-state index >= 15 is 0 Å². The maximum absolute atomic E-state index is 13.9. The van der Waals surface area contributed by atoms with Crippen LogP contribution >= 0.6 is 0 Å². The van der Waals surface area contributed by atoms with Crippen LogP contribution in [0.25, 0.3) is 0 Å². The fourth-order valence-corrected chi connectivity index (χ4v) is 3.66. The minimum absolute atomic E-state index is 0.297. The highest BCUT2D eigenvalue weighted by molar-refractivity contribution is 5.39. The smallest absolute Gasteiger partial charge is 0.418 e. The summed E-state index contributed by atoms with van der Waals surface area (Å²) in [6.45, 7) is 4.82. The van der Waals surface area contributed by atoms with Gasteiger partial charge in [-0.05, 0) is 37.1 Å². The minimum atomic E-state index is -4.81. The Morgan fingerprint density at radius 2 is 1.70 bits per heavy atom. The second-order valence-electron chi connectivity index (χ2n) is 8.01. The van der Waals surface area contributed by atoms with Crippen molar-refractivity contribution in [1.82, 2.24) is 9.80 Å². The minimum Gasteiger partial charge on any atom is -0.496 e. The van der Waals surface area contributed by atoms with Gasteiger partial charge in [0.1, 0.15) is 11.6 Å². The second-order valence-corrected chi connectivity index (χ2v) is 8.01. The Morgan fingerprint density at radius 3 is 2.22 bits per heavy atom. The van der Waals surface area contributed by atoms with Crippen LogP contribution in [0.2, 0.25) is 0 Å². The molecule has 1 fully saturated rings. The van der Waals surface area contributed by atoms with Crippen LogP contribution in [-0.2, 0) is 5.41 Å². The second kappa shape index (κ2) is 7.93. The van der Waals surface area contributed by atoms with Gasteiger partial charge in [-0.1, -0.05) is 13.8 Å². The highest BCUT2D eigenvalue weighted by Gasteiger charge is 2.56. The van der Waals surface area contributed by atoms with Crippen LogP contribution in [0, 0.1) is 5.82 Å². The fraction of sp³-hybridized carbons (Fsp3) is 0.684. The van der Waals surface area contributed by atoms with E-state index in [2.05, 4.69) is 0 Å². The van der Waals surface area contributed by atoms with Crippen LogP contribution in [-0.4, -0.2) is 73.6 Å². The maximum atomic E-state index is 13.9. The Morgan fingerprint density at radius 1 is 1.11 bits per heavy atom. The molecule has 1 heterocycles. The summed E-state index contributed by atoms with van der Waals surface area (Å²) in [5, 5.41) is 10.7. The zero-order valence-corrected chi connectivity index (χ0v) is 16.2. The predicted molar refractivity (Wildman–Crippen MR) is 95.5 cm³/mol. The highest BCUT2D eigenvalue weighted by Crippen LogP contribution is 2.44. The summed E-state index contributed by atoms with van der Waals surface area (Å²) >= 11 is 0. The first kappa shape index (κ1) is 21.9. The summed E-state index contributed by atoms with van der Waals surface area (Å²) in [5.74, 6) is -0.265. The van der Waals surface area contributed by atoms with Crippen molar-refractivity contribution < 1.29 is 27.4 Å². The van der Waals surface area contributed by atoms with Gasteiger partial charge in [0, 0.05) is 38.3 Å². The highest BCUT2D eigenvalue weighted by atomic mass is 19.4. The average molecular weight is 392 g/mol. The van der Waals surface area contributed by atoms with Crippen LogP contribution in [0.4, 0.5) is 17.6 Å². The Kier molecular flexibility index (Phi) is 6.44.